The Morgan fingerprint density at radius 2 is 2.15 bits per heavy atom. The Balaban J connectivity index is 1.32. The molecule has 0 saturated heterocycles. The van der Waals surface area contributed by atoms with Gasteiger partial charge in [-0.1, -0.05) is 48.2 Å². The molecule has 2 aliphatic rings. The van der Waals surface area contributed by atoms with Gasteiger partial charge in [0.25, 0.3) is 0 Å². The average Bonchev–Trinajstić information content (AvgIpc) is 3.46. The topological polar surface area (TPSA) is 54.0 Å². The molecule has 0 saturated carbocycles. The van der Waals surface area contributed by atoms with Crippen LogP contribution in [0.4, 0.5) is 5.95 Å². The van der Waals surface area contributed by atoms with E-state index in [4.69, 9.17) is 4.74 Å². The van der Waals surface area contributed by atoms with Crippen molar-refractivity contribution < 1.29 is 4.74 Å². The highest BCUT2D eigenvalue weighted by Crippen LogP contribution is 2.42. The minimum absolute atomic E-state index is 0.163. The van der Waals surface area contributed by atoms with Gasteiger partial charge in [0.05, 0.1) is 6.61 Å². The molecular weight excluding hydrogens is 376 g/mol. The Morgan fingerprint density at radius 1 is 1.22 bits per heavy atom. The van der Waals surface area contributed by atoms with Crippen molar-refractivity contribution >= 4 is 29.5 Å². The molecule has 0 spiro atoms. The van der Waals surface area contributed by atoms with Crippen LogP contribution in [0.2, 0.25) is 0 Å². The first kappa shape index (κ1) is 16.8. The Hall–Kier alpha value is -2.38. The molecule has 0 aliphatic carbocycles. The molecule has 3 aromatic rings. The van der Waals surface area contributed by atoms with Gasteiger partial charge in [0.2, 0.25) is 11.1 Å². The molecule has 0 radical (unpaired) electrons. The highest BCUT2D eigenvalue weighted by Gasteiger charge is 2.27. The van der Waals surface area contributed by atoms with Crippen molar-refractivity contribution in [2.45, 2.75) is 22.7 Å². The van der Waals surface area contributed by atoms with Gasteiger partial charge in [-0.05, 0) is 34.2 Å². The molecule has 0 amide bonds. The van der Waals surface area contributed by atoms with Crippen LogP contribution < -0.4 is 9.64 Å². The summed E-state index contributed by atoms with van der Waals surface area (Å²) in [7, 11) is 0. The van der Waals surface area contributed by atoms with E-state index in [1.807, 2.05) is 6.07 Å². The van der Waals surface area contributed by atoms with Crippen LogP contribution in [0.25, 0.3) is 0 Å². The van der Waals surface area contributed by atoms with Gasteiger partial charge in [0.1, 0.15) is 11.1 Å². The molecular formula is C20H18N4OS2. The lowest BCUT2D eigenvalue weighted by Gasteiger charge is -2.22. The van der Waals surface area contributed by atoms with Gasteiger partial charge in [-0.2, -0.15) is 4.98 Å². The lowest BCUT2D eigenvalue weighted by Crippen LogP contribution is -2.18. The molecule has 1 unspecified atom stereocenters. The molecule has 3 heterocycles. The van der Waals surface area contributed by atoms with Crippen LogP contribution in [-0.2, 0) is 12.2 Å². The van der Waals surface area contributed by atoms with Crippen LogP contribution in [0.15, 0.2) is 65.3 Å². The summed E-state index contributed by atoms with van der Waals surface area (Å²) < 4.78 is 5.63. The van der Waals surface area contributed by atoms with E-state index in [1.165, 1.54) is 16.7 Å². The van der Waals surface area contributed by atoms with Crippen LogP contribution in [0.5, 0.6) is 5.75 Å². The second-order valence-electron chi connectivity index (χ2n) is 6.36. The van der Waals surface area contributed by atoms with Crippen LogP contribution in [-0.4, -0.2) is 21.8 Å². The second-order valence-corrected chi connectivity index (χ2v) is 8.30. The number of benzene rings is 2. The number of hydrogen-bond acceptors (Lipinski definition) is 6. The van der Waals surface area contributed by atoms with Crippen LogP contribution >= 0.6 is 23.5 Å². The minimum Gasteiger partial charge on any atom is -0.493 e. The summed E-state index contributed by atoms with van der Waals surface area (Å²) in [6.45, 7) is 0.780. The van der Waals surface area contributed by atoms with Gasteiger partial charge in [-0.3, -0.25) is 0 Å². The molecule has 1 atom stereocenters. The van der Waals surface area contributed by atoms with E-state index in [2.05, 4.69) is 74.2 Å². The summed E-state index contributed by atoms with van der Waals surface area (Å²) in [5.74, 6) is 2.64. The normalized spacial score (nSPS) is 17.9. The van der Waals surface area contributed by atoms with E-state index in [1.54, 1.807) is 23.5 Å². The van der Waals surface area contributed by atoms with Crippen LogP contribution in [0, 0.1) is 0 Å². The number of aromatic amines is 1. The molecule has 1 N–H and O–H groups in total. The van der Waals surface area contributed by atoms with Crippen molar-refractivity contribution in [2.75, 3.05) is 11.5 Å². The maximum absolute atomic E-state index is 5.63. The number of thioether (sulfide) groups is 2. The van der Waals surface area contributed by atoms with Crippen molar-refractivity contribution in [2.24, 2.45) is 0 Å². The first-order valence-corrected chi connectivity index (χ1v) is 10.7. The van der Waals surface area contributed by atoms with Gasteiger partial charge in [-0.15, -0.1) is 16.9 Å². The molecule has 5 nitrogen and oxygen atoms in total. The van der Waals surface area contributed by atoms with Gasteiger partial charge in [0, 0.05) is 18.4 Å². The number of ether oxygens (including phenoxy) is 1. The number of nitrogens with zero attached hydrogens (tertiary/aromatic N) is 3. The zero-order valence-electron chi connectivity index (χ0n) is 14.5. The Bertz CT molecular complexity index is 973. The number of aromatic nitrogens is 3. The highest BCUT2D eigenvalue weighted by atomic mass is 32.2. The predicted molar refractivity (Wildman–Crippen MR) is 110 cm³/mol. The lowest BCUT2D eigenvalue weighted by molar-refractivity contribution is 0.357. The van der Waals surface area contributed by atoms with E-state index >= 15 is 0 Å². The predicted octanol–water partition coefficient (Wildman–Crippen LogP) is 4.76. The smallest absolute Gasteiger partial charge is 0.227 e. The SMILES string of the molecule is C1=CN(c2nc(SCc3ccccc3)n[nH]2)C(c2ccc3c(c2)CCO3)S1. The van der Waals surface area contributed by atoms with E-state index in [0.29, 0.717) is 0 Å². The summed E-state index contributed by atoms with van der Waals surface area (Å²) >= 11 is 3.41. The summed E-state index contributed by atoms with van der Waals surface area (Å²) in [5.41, 5.74) is 3.81. The lowest BCUT2D eigenvalue weighted by atomic mass is 10.1. The average molecular weight is 395 g/mol. The quantitative estimate of drug-likeness (QED) is 0.630. The zero-order chi connectivity index (χ0) is 18.1. The summed E-state index contributed by atoms with van der Waals surface area (Å²) in [5, 5.41) is 10.5. The van der Waals surface area contributed by atoms with E-state index in [9.17, 15) is 0 Å². The molecule has 0 fully saturated rings. The summed E-state index contributed by atoms with van der Waals surface area (Å²) in [4.78, 5) is 6.83. The molecule has 1 aromatic heterocycles. The molecule has 27 heavy (non-hydrogen) atoms. The molecule has 7 heteroatoms. The van der Waals surface area contributed by atoms with E-state index in [0.717, 1.165) is 35.6 Å². The van der Waals surface area contributed by atoms with Crippen LogP contribution in [0.1, 0.15) is 22.1 Å². The van der Waals surface area contributed by atoms with Gasteiger partial charge in [0.15, 0.2) is 0 Å². The fraction of sp³-hybridized carbons (Fsp3) is 0.200. The monoisotopic (exact) mass is 394 g/mol. The van der Waals surface area contributed by atoms with Crippen LogP contribution in [0.3, 0.4) is 0 Å². The number of nitrogens with one attached hydrogen (secondary N) is 1. The molecule has 0 bridgehead atoms. The fourth-order valence-electron chi connectivity index (χ4n) is 3.24. The van der Waals surface area contributed by atoms with Crippen molar-refractivity contribution in [3.63, 3.8) is 0 Å². The maximum atomic E-state index is 5.63. The zero-order valence-corrected chi connectivity index (χ0v) is 16.2. The molecule has 2 aromatic carbocycles. The number of hydrogen-bond donors (Lipinski definition) is 1. The third-order valence-electron chi connectivity index (χ3n) is 4.59. The van der Waals surface area contributed by atoms with E-state index in [-0.39, 0.29) is 5.37 Å². The fourth-order valence-corrected chi connectivity index (χ4v) is 4.95. The maximum Gasteiger partial charge on any atom is 0.227 e. The Kier molecular flexibility index (Phi) is 4.55. The largest absolute Gasteiger partial charge is 0.493 e. The Labute approximate surface area is 166 Å². The van der Waals surface area contributed by atoms with Gasteiger partial charge < -0.3 is 9.64 Å². The number of fused-ring (bicyclic) bond motifs is 1. The number of anilines is 1. The van der Waals surface area contributed by atoms with Gasteiger partial charge >= 0.3 is 0 Å². The Morgan fingerprint density at radius 3 is 3.07 bits per heavy atom. The third kappa shape index (κ3) is 3.44. The molecule has 5 rings (SSSR count). The standard InChI is InChI=1S/C20H18N4OS2/c1-2-4-14(5-3-1)13-27-20-21-19(22-23-20)24-9-11-26-18(24)16-6-7-17-15(12-16)8-10-25-17/h1-7,9,11-12,18H,8,10,13H2,(H,21,22,23). The van der Waals surface area contributed by atoms with Crippen molar-refractivity contribution in [3.05, 3.63) is 76.8 Å². The summed E-state index contributed by atoms with van der Waals surface area (Å²) in [6, 6.07) is 16.8. The minimum atomic E-state index is 0.163. The van der Waals surface area contributed by atoms with E-state index < -0.39 is 0 Å². The summed E-state index contributed by atoms with van der Waals surface area (Å²) in [6.07, 6.45) is 3.04. The van der Waals surface area contributed by atoms with Crippen molar-refractivity contribution in [1.29, 1.82) is 0 Å². The van der Waals surface area contributed by atoms with Crippen molar-refractivity contribution in [1.82, 2.24) is 15.2 Å². The van der Waals surface area contributed by atoms with Crippen molar-refractivity contribution in [3.8, 4) is 5.75 Å². The molecule has 2 aliphatic heterocycles. The first-order chi connectivity index (χ1) is 13.4. The second kappa shape index (κ2) is 7.32. The molecule has 136 valence electrons. The first-order valence-electron chi connectivity index (χ1n) is 8.82. The highest BCUT2D eigenvalue weighted by molar-refractivity contribution is 8.02. The third-order valence-corrected chi connectivity index (χ3v) is 6.54. The number of H-pyrrole nitrogens is 1. The number of rotatable bonds is 5. The van der Waals surface area contributed by atoms with Gasteiger partial charge in [-0.25, -0.2) is 5.10 Å².